The molecule has 0 aliphatic carbocycles. The molecule has 1 aromatic heterocycles. The average Bonchev–Trinajstić information content (AvgIpc) is 2.34. The maximum Gasteiger partial charge on any atom is 0.249 e. The quantitative estimate of drug-likeness (QED) is 0.673. The van der Waals surface area contributed by atoms with Crippen LogP contribution < -0.4 is 10.5 Å². The highest BCUT2D eigenvalue weighted by molar-refractivity contribution is 9.10. The van der Waals surface area contributed by atoms with Crippen molar-refractivity contribution in [1.29, 1.82) is 5.41 Å². The van der Waals surface area contributed by atoms with Gasteiger partial charge in [0.2, 0.25) is 5.88 Å². The highest BCUT2D eigenvalue weighted by Crippen LogP contribution is 2.26. The summed E-state index contributed by atoms with van der Waals surface area (Å²) < 4.78 is 18.7. The Kier molecular flexibility index (Phi) is 3.52. The first-order chi connectivity index (χ1) is 8.58. The van der Waals surface area contributed by atoms with Crippen LogP contribution in [0, 0.1) is 11.2 Å². The molecule has 0 amide bonds. The second-order valence-corrected chi connectivity index (χ2v) is 4.20. The summed E-state index contributed by atoms with van der Waals surface area (Å²) in [6.07, 6.45) is 1.41. The van der Waals surface area contributed by atoms with E-state index in [0.29, 0.717) is 11.3 Å². The molecule has 3 N–H and O–H groups in total. The first-order valence-electron chi connectivity index (χ1n) is 4.87. The molecular formula is C11H8BrFN4O. The highest BCUT2D eigenvalue weighted by Gasteiger charge is 2.10. The lowest BCUT2D eigenvalue weighted by atomic mass is 10.3. The third kappa shape index (κ3) is 2.62. The van der Waals surface area contributed by atoms with E-state index in [2.05, 4.69) is 26.1 Å². The van der Waals surface area contributed by atoms with Crippen molar-refractivity contribution in [3.8, 4) is 11.6 Å². The third-order valence-electron chi connectivity index (χ3n) is 2.08. The Hall–Kier alpha value is -2.02. The number of hydrogen-bond acceptors (Lipinski definition) is 4. The molecule has 5 nitrogen and oxygen atoms in total. The number of rotatable bonds is 3. The van der Waals surface area contributed by atoms with Gasteiger partial charge in [0.25, 0.3) is 0 Å². The molecule has 2 rings (SSSR count). The van der Waals surface area contributed by atoms with Crippen LogP contribution in [-0.4, -0.2) is 16.0 Å². The standard InChI is InChI=1S/C11H8BrFN4O/c12-8-5-6(1-2-9(8)13)18-11-7(10(14)15)3-4-16-17-11/h1-5H,(H3,14,15). The van der Waals surface area contributed by atoms with E-state index >= 15 is 0 Å². The summed E-state index contributed by atoms with van der Waals surface area (Å²) in [5, 5.41) is 14.8. The summed E-state index contributed by atoms with van der Waals surface area (Å²) in [5.41, 5.74) is 5.71. The number of nitrogen functional groups attached to an aromatic ring is 1. The number of ether oxygens (including phenoxy) is 1. The average molecular weight is 311 g/mol. The lowest BCUT2D eigenvalue weighted by Crippen LogP contribution is -2.13. The Morgan fingerprint density at radius 3 is 2.83 bits per heavy atom. The van der Waals surface area contributed by atoms with Crippen LogP contribution in [0.15, 0.2) is 34.9 Å². The smallest absolute Gasteiger partial charge is 0.249 e. The molecular weight excluding hydrogens is 303 g/mol. The fourth-order valence-corrected chi connectivity index (χ4v) is 1.61. The molecule has 2 aromatic rings. The molecule has 18 heavy (non-hydrogen) atoms. The third-order valence-corrected chi connectivity index (χ3v) is 2.69. The fourth-order valence-electron chi connectivity index (χ4n) is 1.25. The van der Waals surface area contributed by atoms with Crippen LogP contribution in [0.4, 0.5) is 4.39 Å². The highest BCUT2D eigenvalue weighted by atomic mass is 79.9. The SMILES string of the molecule is N=C(N)c1ccnnc1Oc1ccc(F)c(Br)c1. The Morgan fingerprint density at radius 1 is 1.39 bits per heavy atom. The van der Waals surface area contributed by atoms with Gasteiger partial charge in [0.15, 0.2) is 0 Å². The minimum absolute atomic E-state index is 0.100. The Morgan fingerprint density at radius 2 is 2.17 bits per heavy atom. The van der Waals surface area contributed by atoms with Crippen LogP contribution in [0.5, 0.6) is 11.6 Å². The van der Waals surface area contributed by atoms with Gasteiger partial charge in [0.1, 0.15) is 17.4 Å². The monoisotopic (exact) mass is 310 g/mol. The molecule has 0 fully saturated rings. The van der Waals surface area contributed by atoms with E-state index < -0.39 is 5.82 Å². The molecule has 0 aliphatic rings. The van der Waals surface area contributed by atoms with Gasteiger partial charge in [-0.15, -0.1) is 5.10 Å². The van der Waals surface area contributed by atoms with Crippen LogP contribution in [-0.2, 0) is 0 Å². The Bertz CT molecular complexity index is 605. The number of benzene rings is 1. The zero-order chi connectivity index (χ0) is 13.1. The van der Waals surface area contributed by atoms with E-state index in [1.54, 1.807) is 0 Å². The maximum absolute atomic E-state index is 13.1. The van der Waals surface area contributed by atoms with E-state index in [0.717, 1.165) is 0 Å². The predicted octanol–water partition coefficient (Wildman–Crippen LogP) is 2.45. The minimum Gasteiger partial charge on any atom is -0.437 e. The number of nitrogens with one attached hydrogen (secondary N) is 1. The van der Waals surface area contributed by atoms with Crippen molar-refractivity contribution in [2.75, 3.05) is 0 Å². The van der Waals surface area contributed by atoms with Crippen molar-refractivity contribution >= 4 is 21.8 Å². The summed E-state index contributed by atoms with van der Waals surface area (Å²) in [5.74, 6) is -0.107. The molecule has 1 heterocycles. The summed E-state index contributed by atoms with van der Waals surface area (Å²) in [4.78, 5) is 0. The van der Waals surface area contributed by atoms with Gasteiger partial charge in [-0.2, -0.15) is 5.10 Å². The van der Waals surface area contributed by atoms with Gasteiger partial charge in [-0.05, 0) is 40.2 Å². The summed E-state index contributed by atoms with van der Waals surface area (Å²) in [6.45, 7) is 0. The molecule has 0 aliphatic heterocycles. The molecule has 0 bridgehead atoms. The maximum atomic E-state index is 13.1. The van der Waals surface area contributed by atoms with Crippen molar-refractivity contribution in [2.24, 2.45) is 5.73 Å². The second-order valence-electron chi connectivity index (χ2n) is 3.34. The first kappa shape index (κ1) is 12.4. The molecule has 92 valence electrons. The fraction of sp³-hybridized carbons (Fsp3) is 0. The largest absolute Gasteiger partial charge is 0.437 e. The van der Waals surface area contributed by atoms with Gasteiger partial charge in [0, 0.05) is 0 Å². The molecule has 0 saturated carbocycles. The van der Waals surface area contributed by atoms with E-state index in [-0.39, 0.29) is 16.2 Å². The van der Waals surface area contributed by atoms with Crippen LogP contribution >= 0.6 is 15.9 Å². The van der Waals surface area contributed by atoms with Crippen LogP contribution in [0.25, 0.3) is 0 Å². The number of hydrogen-bond donors (Lipinski definition) is 2. The Labute approximate surface area is 110 Å². The van der Waals surface area contributed by atoms with Crippen molar-refractivity contribution < 1.29 is 9.13 Å². The number of nitrogens with zero attached hydrogens (tertiary/aromatic N) is 2. The van der Waals surface area contributed by atoms with Crippen molar-refractivity contribution in [1.82, 2.24) is 10.2 Å². The van der Waals surface area contributed by atoms with Gasteiger partial charge >= 0.3 is 0 Å². The first-order valence-corrected chi connectivity index (χ1v) is 5.66. The number of halogens is 2. The molecule has 1 aromatic carbocycles. The molecule has 0 saturated heterocycles. The van der Waals surface area contributed by atoms with Crippen molar-refractivity contribution in [2.45, 2.75) is 0 Å². The van der Waals surface area contributed by atoms with Crippen LogP contribution in [0.2, 0.25) is 0 Å². The van der Waals surface area contributed by atoms with Gasteiger partial charge in [-0.25, -0.2) is 4.39 Å². The van der Waals surface area contributed by atoms with Crippen molar-refractivity contribution in [3.05, 3.63) is 46.3 Å². The molecule has 7 heteroatoms. The number of nitrogens with two attached hydrogens (primary N) is 1. The second kappa shape index (κ2) is 5.09. The van der Waals surface area contributed by atoms with E-state index in [4.69, 9.17) is 15.9 Å². The lowest BCUT2D eigenvalue weighted by Gasteiger charge is -2.08. The van der Waals surface area contributed by atoms with Gasteiger partial charge < -0.3 is 10.5 Å². The molecule has 0 radical (unpaired) electrons. The van der Waals surface area contributed by atoms with Crippen molar-refractivity contribution in [3.63, 3.8) is 0 Å². The van der Waals surface area contributed by atoms with Crippen LogP contribution in [0.3, 0.4) is 0 Å². The molecule has 0 spiro atoms. The molecule has 0 unspecified atom stereocenters. The molecule has 0 atom stereocenters. The van der Waals surface area contributed by atoms with Gasteiger partial charge in [-0.1, -0.05) is 0 Å². The predicted molar refractivity (Wildman–Crippen MR) is 67.2 cm³/mol. The van der Waals surface area contributed by atoms with Gasteiger partial charge in [0.05, 0.1) is 16.2 Å². The van der Waals surface area contributed by atoms with Gasteiger partial charge in [-0.3, -0.25) is 5.41 Å². The Balaban J connectivity index is 2.34. The number of aromatic nitrogens is 2. The zero-order valence-corrected chi connectivity index (χ0v) is 10.6. The topological polar surface area (TPSA) is 84.9 Å². The van der Waals surface area contributed by atoms with E-state index in [1.165, 1.54) is 30.5 Å². The number of amidine groups is 1. The summed E-state index contributed by atoms with van der Waals surface area (Å²) in [6, 6.07) is 5.67. The lowest BCUT2D eigenvalue weighted by molar-refractivity contribution is 0.452. The normalized spacial score (nSPS) is 10.1. The van der Waals surface area contributed by atoms with E-state index in [9.17, 15) is 4.39 Å². The zero-order valence-electron chi connectivity index (χ0n) is 9.02. The summed E-state index contributed by atoms with van der Waals surface area (Å²) in [7, 11) is 0. The summed E-state index contributed by atoms with van der Waals surface area (Å²) >= 11 is 3.05. The minimum atomic E-state index is -0.395. The van der Waals surface area contributed by atoms with Crippen LogP contribution in [0.1, 0.15) is 5.56 Å². The van der Waals surface area contributed by atoms with E-state index in [1.807, 2.05) is 0 Å².